The summed E-state index contributed by atoms with van der Waals surface area (Å²) in [6.07, 6.45) is 2.00. The van der Waals surface area contributed by atoms with Gasteiger partial charge in [0.15, 0.2) is 11.6 Å². The van der Waals surface area contributed by atoms with Crippen LogP contribution in [0.5, 0.6) is 0 Å². The summed E-state index contributed by atoms with van der Waals surface area (Å²) in [7, 11) is 0. The molecule has 0 saturated carbocycles. The highest BCUT2D eigenvalue weighted by atomic mass is 19.2. The molecule has 1 atom stereocenters. The number of nitrogens with one attached hydrogen (secondary N) is 2. The van der Waals surface area contributed by atoms with E-state index in [0.717, 1.165) is 60.8 Å². The number of carbonyl (C=O) groups is 1. The van der Waals surface area contributed by atoms with Gasteiger partial charge in [0, 0.05) is 48.9 Å². The molecule has 3 aromatic rings. The molecule has 0 radical (unpaired) electrons. The average Bonchev–Trinajstić information content (AvgIpc) is 2.71. The lowest BCUT2D eigenvalue weighted by molar-refractivity contribution is -0.114. The number of halogens is 2. The van der Waals surface area contributed by atoms with Crippen LogP contribution in [0.3, 0.4) is 0 Å². The molecule has 2 N–H and O–H groups in total. The van der Waals surface area contributed by atoms with E-state index in [1.807, 2.05) is 30.3 Å². The first-order valence-electron chi connectivity index (χ1n) is 10.1. The molecule has 2 heterocycles. The molecule has 0 aliphatic carbocycles. The van der Waals surface area contributed by atoms with Crippen molar-refractivity contribution in [2.24, 2.45) is 0 Å². The Kier molecular flexibility index (Phi) is 5.90. The molecule has 5 nitrogen and oxygen atoms in total. The molecule has 1 unspecified atom stereocenters. The van der Waals surface area contributed by atoms with Gasteiger partial charge in [-0.3, -0.25) is 14.7 Å². The van der Waals surface area contributed by atoms with Crippen LogP contribution in [0.4, 0.5) is 20.2 Å². The van der Waals surface area contributed by atoms with E-state index in [1.54, 1.807) is 6.07 Å². The van der Waals surface area contributed by atoms with Crippen molar-refractivity contribution >= 4 is 28.2 Å². The van der Waals surface area contributed by atoms with Crippen molar-refractivity contribution in [3.8, 4) is 0 Å². The minimum atomic E-state index is -0.838. The maximum absolute atomic E-state index is 13.5. The fraction of sp³-hybridized carbons (Fsp3) is 0.304. The van der Waals surface area contributed by atoms with Crippen LogP contribution >= 0.6 is 0 Å². The summed E-state index contributed by atoms with van der Waals surface area (Å²) < 4.78 is 26.6. The van der Waals surface area contributed by atoms with Crippen LogP contribution in [0, 0.1) is 11.6 Å². The minimum absolute atomic E-state index is 0.101. The van der Waals surface area contributed by atoms with Crippen molar-refractivity contribution < 1.29 is 13.6 Å². The van der Waals surface area contributed by atoms with E-state index >= 15 is 0 Å². The van der Waals surface area contributed by atoms with Crippen molar-refractivity contribution in [2.45, 2.75) is 32.4 Å². The first-order chi connectivity index (χ1) is 14.5. The predicted molar refractivity (Wildman–Crippen MR) is 114 cm³/mol. The predicted octanol–water partition coefficient (Wildman–Crippen LogP) is 4.55. The van der Waals surface area contributed by atoms with E-state index in [0.29, 0.717) is 5.69 Å². The maximum Gasteiger partial charge on any atom is 0.221 e. The summed E-state index contributed by atoms with van der Waals surface area (Å²) in [6, 6.07) is 13.8. The monoisotopic (exact) mass is 410 g/mol. The lowest BCUT2D eigenvalue weighted by Crippen LogP contribution is -2.41. The van der Waals surface area contributed by atoms with E-state index < -0.39 is 11.6 Å². The van der Waals surface area contributed by atoms with Crippen LogP contribution in [0.25, 0.3) is 10.9 Å². The molecule has 156 valence electrons. The number of benzene rings is 2. The van der Waals surface area contributed by atoms with Gasteiger partial charge in [0.25, 0.3) is 0 Å². The van der Waals surface area contributed by atoms with Crippen LogP contribution in [-0.4, -0.2) is 34.9 Å². The Bertz CT molecular complexity index is 1070. The van der Waals surface area contributed by atoms with E-state index in [1.165, 1.54) is 13.0 Å². The Morgan fingerprint density at radius 1 is 1.10 bits per heavy atom. The summed E-state index contributed by atoms with van der Waals surface area (Å²) in [5.74, 6) is -1.78. The van der Waals surface area contributed by atoms with E-state index in [2.05, 4.69) is 15.5 Å². The number of rotatable bonds is 5. The van der Waals surface area contributed by atoms with Gasteiger partial charge in [-0.25, -0.2) is 8.78 Å². The van der Waals surface area contributed by atoms with Crippen LogP contribution in [0.2, 0.25) is 0 Å². The summed E-state index contributed by atoms with van der Waals surface area (Å²) in [6.45, 7) is 3.98. The van der Waals surface area contributed by atoms with Gasteiger partial charge in [-0.15, -0.1) is 0 Å². The minimum Gasteiger partial charge on any atom is -0.381 e. The molecule has 0 bridgehead atoms. The van der Waals surface area contributed by atoms with Gasteiger partial charge in [0.2, 0.25) is 5.91 Å². The second-order valence-electron chi connectivity index (χ2n) is 7.74. The van der Waals surface area contributed by atoms with Crippen molar-refractivity contribution in [3.63, 3.8) is 0 Å². The molecule has 0 spiro atoms. The Labute approximate surface area is 174 Å². The quantitative estimate of drug-likeness (QED) is 0.648. The standard InChI is InChI=1S/C23H24F2N4O/c1-15(30)26-17-7-9-23-16(11-17)4-5-20(28-23)14-29-10-2-3-19(13-29)27-18-6-8-21(24)22(25)12-18/h4-9,11-12,19,27H,2-3,10,13-14H2,1H3,(H,26,30). The first-order valence-corrected chi connectivity index (χ1v) is 10.1. The molecule has 4 rings (SSSR count). The first kappa shape index (κ1) is 20.2. The van der Waals surface area contributed by atoms with Gasteiger partial charge >= 0.3 is 0 Å². The van der Waals surface area contributed by atoms with Gasteiger partial charge in [-0.2, -0.15) is 0 Å². The van der Waals surface area contributed by atoms with E-state index in [9.17, 15) is 13.6 Å². The SMILES string of the molecule is CC(=O)Nc1ccc2nc(CN3CCCC(Nc4ccc(F)c(F)c4)C3)ccc2c1. The van der Waals surface area contributed by atoms with Crippen LogP contribution in [0.15, 0.2) is 48.5 Å². The molecule has 30 heavy (non-hydrogen) atoms. The molecule has 1 aromatic heterocycles. The largest absolute Gasteiger partial charge is 0.381 e. The molecule has 7 heteroatoms. The average molecular weight is 410 g/mol. The molecule has 1 amide bonds. The summed E-state index contributed by atoms with van der Waals surface area (Å²) in [5.41, 5.74) is 3.21. The van der Waals surface area contributed by atoms with Gasteiger partial charge in [0.1, 0.15) is 0 Å². The molecule has 1 aliphatic heterocycles. The van der Waals surface area contributed by atoms with Gasteiger partial charge in [-0.05, 0) is 55.8 Å². The number of fused-ring (bicyclic) bond motifs is 1. The number of amides is 1. The number of piperidine rings is 1. The zero-order valence-electron chi connectivity index (χ0n) is 16.8. The second-order valence-corrected chi connectivity index (χ2v) is 7.74. The van der Waals surface area contributed by atoms with Gasteiger partial charge < -0.3 is 10.6 Å². The van der Waals surface area contributed by atoms with Gasteiger partial charge in [-0.1, -0.05) is 6.07 Å². The highest BCUT2D eigenvalue weighted by Gasteiger charge is 2.20. The lowest BCUT2D eigenvalue weighted by atomic mass is 10.0. The molecular weight excluding hydrogens is 386 g/mol. The van der Waals surface area contributed by atoms with Crippen molar-refractivity contribution in [3.05, 3.63) is 65.9 Å². The van der Waals surface area contributed by atoms with Crippen LogP contribution in [0.1, 0.15) is 25.5 Å². The van der Waals surface area contributed by atoms with Crippen molar-refractivity contribution in [2.75, 3.05) is 23.7 Å². The third-order valence-electron chi connectivity index (χ3n) is 5.25. The third-order valence-corrected chi connectivity index (χ3v) is 5.25. The summed E-state index contributed by atoms with van der Waals surface area (Å²) >= 11 is 0. The number of likely N-dealkylation sites (tertiary alicyclic amines) is 1. The van der Waals surface area contributed by atoms with Crippen molar-refractivity contribution in [1.29, 1.82) is 0 Å². The smallest absolute Gasteiger partial charge is 0.221 e. The number of anilines is 2. The maximum atomic E-state index is 13.5. The number of carbonyl (C=O) groups excluding carboxylic acids is 1. The molecule has 2 aromatic carbocycles. The number of nitrogens with zero attached hydrogens (tertiary/aromatic N) is 2. The fourth-order valence-electron chi connectivity index (χ4n) is 3.90. The second kappa shape index (κ2) is 8.75. The Morgan fingerprint density at radius 3 is 2.73 bits per heavy atom. The number of pyridine rings is 1. The van der Waals surface area contributed by atoms with E-state index in [-0.39, 0.29) is 11.9 Å². The normalized spacial score (nSPS) is 17.1. The zero-order chi connectivity index (χ0) is 21.1. The molecule has 1 saturated heterocycles. The topological polar surface area (TPSA) is 57.3 Å². The molecule has 1 aliphatic rings. The number of aromatic nitrogens is 1. The van der Waals surface area contributed by atoms with Crippen LogP contribution < -0.4 is 10.6 Å². The number of hydrogen-bond acceptors (Lipinski definition) is 4. The van der Waals surface area contributed by atoms with Crippen LogP contribution in [-0.2, 0) is 11.3 Å². The lowest BCUT2D eigenvalue weighted by Gasteiger charge is -2.33. The summed E-state index contributed by atoms with van der Waals surface area (Å²) in [5, 5.41) is 7.07. The third kappa shape index (κ3) is 4.91. The highest BCUT2D eigenvalue weighted by Crippen LogP contribution is 2.22. The number of hydrogen-bond donors (Lipinski definition) is 2. The Morgan fingerprint density at radius 2 is 1.93 bits per heavy atom. The van der Waals surface area contributed by atoms with E-state index in [4.69, 9.17) is 4.98 Å². The fourth-order valence-corrected chi connectivity index (χ4v) is 3.90. The Balaban J connectivity index is 1.41. The van der Waals surface area contributed by atoms with Crippen molar-refractivity contribution in [1.82, 2.24) is 9.88 Å². The Hall–Kier alpha value is -3.06. The molecular formula is C23H24F2N4O. The zero-order valence-corrected chi connectivity index (χ0v) is 16.8. The summed E-state index contributed by atoms with van der Waals surface area (Å²) in [4.78, 5) is 18.3. The molecule has 1 fully saturated rings. The highest BCUT2D eigenvalue weighted by molar-refractivity contribution is 5.92. The van der Waals surface area contributed by atoms with Gasteiger partial charge in [0.05, 0.1) is 11.2 Å².